The number of carbonyl (C=O) groups is 4. The van der Waals surface area contributed by atoms with Crippen LogP contribution in [-0.4, -0.2) is 73.2 Å². The van der Waals surface area contributed by atoms with Gasteiger partial charge in [0.2, 0.25) is 23.6 Å². The molecule has 8 nitrogen and oxygen atoms in total. The Labute approximate surface area is 129 Å². The quantitative estimate of drug-likeness (QED) is 0.619. The summed E-state index contributed by atoms with van der Waals surface area (Å²) in [7, 11) is 3.00. The molecule has 0 radical (unpaired) electrons. The van der Waals surface area contributed by atoms with Crippen molar-refractivity contribution in [3.05, 3.63) is 12.2 Å². The molecule has 22 heavy (non-hydrogen) atoms. The largest absolute Gasteiger partial charge is 0.358 e. The molecular formula is C14H22N4O4. The fourth-order valence-electron chi connectivity index (χ4n) is 2.05. The number of nitrogens with one attached hydrogen (secondary N) is 2. The number of likely N-dealkylation sites (N-methyl/N-ethyl adjacent to an activating group) is 2. The minimum absolute atomic E-state index is 0.0587. The monoisotopic (exact) mass is 310 g/mol. The fraction of sp³-hybridized carbons (Fsp3) is 0.571. The summed E-state index contributed by atoms with van der Waals surface area (Å²) in [5.74, 6) is -1.24. The number of rotatable bonds is 3. The number of hydrogen-bond donors (Lipinski definition) is 2. The van der Waals surface area contributed by atoms with Crippen LogP contribution < -0.4 is 10.6 Å². The van der Waals surface area contributed by atoms with Crippen molar-refractivity contribution in [1.82, 2.24) is 20.4 Å². The highest BCUT2D eigenvalue weighted by atomic mass is 16.2. The van der Waals surface area contributed by atoms with Crippen molar-refractivity contribution in [3.8, 4) is 0 Å². The molecule has 1 heterocycles. The van der Waals surface area contributed by atoms with E-state index >= 15 is 0 Å². The molecule has 0 fully saturated rings. The maximum absolute atomic E-state index is 12.3. The van der Waals surface area contributed by atoms with E-state index in [4.69, 9.17) is 0 Å². The molecule has 1 aliphatic rings. The number of carbonyl (C=O) groups excluding carboxylic acids is 4. The highest BCUT2D eigenvalue weighted by molar-refractivity contribution is 5.91. The standard InChI is InChI=1S/C14H22N4O4/c1-10(19)16-11-6-4-5-7-18(8-12(20)15-2)13(21)9-17(3)14(11)22/h4-5,11H,6-9H2,1-3H3,(H,15,20)(H,16,19)/b5-4-. The topological polar surface area (TPSA) is 98.8 Å². The lowest BCUT2D eigenvalue weighted by Crippen LogP contribution is -2.51. The van der Waals surface area contributed by atoms with Gasteiger partial charge in [0, 0.05) is 27.6 Å². The van der Waals surface area contributed by atoms with Crippen LogP contribution >= 0.6 is 0 Å². The highest BCUT2D eigenvalue weighted by Gasteiger charge is 2.26. The zero-order chi connectivity index (χ0) is 16.7. The first-order valence-electron chi connectivity index (χ1n) is 7.00. The maximum Gasteiger partial charge on any atom is 0.245 e. The molecule has 0 aliphatic carbocycles. The van der Waals surface area contributed by atoms with E-state index in [9.17, 15) is 19.2 Å². The SMILES string of the molecule is CNC(=O)CN1C/C=C\CC(NC(C)=O)C(=O)N(C)CC1=O. The Hall–Kier alpha value is -2.38. The third-order valence-corrected chi connectivity index (χ3v) is 3.25. The van der Waals surface area contributed by atoms with Gasteiger partial charge < -0.3 is 20.4 Å². The third kappa shape index (κ3) is 5.19. The lowest BCUT2D eigenvalue weighted by molar-refractivity contribution is -0.142. The van der Waals surface area contributed by atoms with Gasteiger partial charge in [0.05, 0.1) is 13.1 Å². The summed E-state index contributed by atoms with van der Waals surface area (Å²) in [4.78, 5) is 49.7. The molecule has 0 aromatic carbocycles. The molecule has 1 unspecified atom stereocenters. The lowest BCUT2D eigenvalue weighted by atomic mass is 10.1. The molecule has 0 saturated carbocycles. The van der Waals surface area contributed by atoms with Gasteiger partial charge in [0.15, 0.2) is 0 Å². The molecule has 2 N–H and O–H groups in total. The summed E-state index contributed by atoms with van der Waals surface area (Å²) >= 11 is 0. The van der Waals surface area contributed by atoms with Crippen molar-refractivity contribution in [1.29, 1.82) is 0 Å². The number of hydrogen-bond acceptors (Lipinski definition) is 4. The smallest absolute Gasteiger partial charge is 0.245 e. The van der Waals surface area contributed by atoms with Crippen LogP contribution in [-0.2, 0) is 19.2 Å². The minimum Gasteiger partial charge on any atom is -0.358 e. The van der Waals surface area contributed by atoms with Gasteiger partial charge in [-0.2, -0.15) is 0 Å². The highest BCUT2D eigenvalue weighted by Crippen LogP contribution is 2.04. The van der Waals surface area contributed by atoms with Crippen LogP contribution in [0, 0.1) is 0 Å². The third-order valence-electron chi connectivity index (χ3n) is 3.25. The van der Waals surface area contributed by atoms with E-state index in [1.165, 1.54) is 30.8 Å². The Kier molecular flexibility index (Phi) is 6.55. The summed E-state index contributed by atoms with van der Waals surface area (Å²) in [6.45, 7) is 1.42. The van der Waals surface area contributed by atoms with Crippen LogP contribution in [0.15, 0.2) is 12.2 Å². The molecule has 0 spiro atoms. The van der Waals surface area contributed by atoms with Crippen LogP contribution in [0.1, 0.15) is 13.3 Å². The summed E-state index contributed by atoms with van der Waals surface area (Å²) in [6.07, 6.45) is 3.78. The Morgan fingerprint density at radius 2 is 2.00 bits per heavy atom. The molecule has 0 aromatic rings. The average molecular weight is 310 g/mol. The second-order valence-corrected chi connectivity index (χ2v) is 5.10. The van der Waals surface area contributed by atoms with Gasteiger partial charge in [0.1, 0.15) is 6.04 Å². The van der Waals surface area contributed by atoms with Crippen molar-refractivity contribution in [2.75, 3.05) is 33.7 Å². The van der Waals surface area contributed by atoms with Gasteiger partial charge in [-0.15, -0.1) is 0 Å². The molecule has 1 aliphatic heterocycles. The van der Waals surface area contributed by atoms with Gasteiger partial charge in [-0.05, 0) is 6.42 Å². The summed E-state index contributed by atoms with van der Waals surface area (Å²) in [6, 6.07) is -0.683. The van der Waals surface area contributed by atoms with Gasteiger partial charge in [0.25, 0.3) is 0 Å². The van der Waals surface area contributed by atoms with Crippen molar-refractivity contribution >= 4 is 23.6 Å². The minimum atomic E-state index is -0.683. The van der Waals surface area contributed by atoms with E-state index in [0.717, 1.165) is 0 Å². The Bertz CT molecular complexity index is 489. The molecule has 122 valence electrons. The van der Waals surface area contributed by atoms with Crippen molar-refractivity contribution in [2.24, 2.45) is 0 Å². The lowest BCUT2D eigenvalue weighted by Gasteiger charge is -2.28. The molecule has 1 rings (SSSR count). The number of amides is 4. The first-order chi connectivity index (χ1) is 10.3. The Morgan fingerprint density at radius 1 is 1.32 bits per heavy atom. The maximum atomic E-state index is 12.3. The predicted molar refractivity (Wildman–Crippen MR) is 79.6 cm³/mol. The van der Waals surface area contributed by atoms with E-state index < -0.39 is 6.04 Å². The van der Waals surface area contributed by atoms with E-state index in [-0.39, 0.29) is 43.3 Å². The van der Waals surface area contributed by atoms with Crippen LogP contribution in [0.5, 0.6) is 0 Å². The van der Waals surface area contributed by atoms with Crippen molar-refractivity contribution in [2.45, 2.75) is 19.4 Å². The first kappa shape index (κ1) is 17.7. The summed E-state index contributed by atoms with van der Waals surface area (Å²) in [5, 5.41) is 5.04. The van der Waals surface area contributed by atoms with E-state index in [1.807, 2.05) is 0 Å². The second-order valence-electron chi connectivity index (χ2n) is 5.10. The van der Waals surface area contributed by atoms with E-state index in [1.54, 1.807) is 12.2 Å². The molecule has 1 atom stereocenters. The normalized spacial score (nSPS) is 21.3. The van der Waals surface area contributed by atoms with Crippen molar-refractivity contribution in [3.63, 3.8) is 0 Å². The van der Waals surface area contributed by atoms with Gasteiger partial charge in [-0.25, -0.2) is 0 Å². The zero-order valence-corrected chi connectivity index (χ0v) is 13.1. The van der Waals surface area contributed by atoms with Crippen LogP contribution in [0.25, 0.3) is 0 Å². The fourth-order valence-corrected chi connectivity index (χ4v) is 2.05. The van der Waals surface area contributed by atoms with Crippen LogP contribution in [0.2, 0.25) is 0 Å². The predicted octanol–water partition coefficient (Wildman–Crippen LogP) is -1.52. The molecule has 4 amide bonds. The molecule has 8 heteroatoms. The average Bonchev–Trinajstić information content (AvgIpc) is 2.46. The van der Waals surface area contributed by atoms with Gasteiger partial charge in [-0.3, -0.25) is 19.2 Å². The van der Waals surface area contributed by atoms with E-state index in [0.29, 0.717) is 6.42 Å². The second kappa shape index (κ2) is 8.16. The van der Waals surface area contributed by atoms with Gasteiger partial charge >= 0.3 is 0 Å². The van der Waals surface area contributed by atoms with Crippen LogP contribution in [0.3, 0.4) is 0 Å². The Balaban J connectivity index is 2.88. The number of nitrogens with zero attached hydrogens (tertiary/aromatic N) is 2. The first-order valence-corrected chi connectivity index (χ1v) is 7.00. The molecular weight excluding hydrogens is 288 g/mol. The summed E-state index contributed by atoms with van der Waals surface area (Å²) in [5.41, 5.74) is 0. The molecule has 0 aromatic heterocycles. The zero-order valence-electron chi connectivity index (χ0n) is 13.1. The molecule has 0 saturated heterocycles. The van der Waals surface area contributed by atoms with Crippen molar-refractivity contribution < 1.29 is 19.2 Å². The Morgan fingerprint density at radius 3 is 2.59 bits per heavy atom. The molecule has 0 bridgehead atoms. The van der Waals surface area contributed by atoms with Gasteiger partial charge in [-0.1, -0.05) is 12.2 Å². The summed E-state index contributed by atoms with van der Waals surface area (Å²) < 4.78 is 0. The van der Waals surface area contributed by atoms with E-state index in [2.05, 4.69) is 10.6 Å². The van der Waals surface area contributed by atoms with Crippen LogP contribution in [0.4, 0.5) is 0 Å².